The number of ether oxygens (including phenoxy) is 2. The van der Waals surface area contributed by atoms with E-state index in [1.807, 2.05) is 0 Å². The Morgan fingerprint density at radius 2 is 1.98 bits per heavy atom. The van der Waals surface area contributed by atoms with E-state index in [1.165, 1.54) is 10.6 Å². The summed E-state index contributed by atoms with van der Waals surface area (Å²) in [5, 5.41) is 11.6. The number of aromatic nitrogens is 1. The predicted molar refractivity (Wildman–Crippen MR) is 152 cm³/mol. The number of furan rings is 1. The second-order valence-corrected chi connectivity index (χ2v) is 10.6. The number of benzene rings is 2. The highest BCUT2D eigenvalue weighted by Crippen LogP contribution is 2.34. The number of fused-ring (bicyclic) bond motifs is 1. The Hall–Kier alpha value is -4.29. The molecule has 204 valence electrons. The standard InChI is InChI=1S/C28H22BrN3O7S/c1-4-38-27(34)24-15(2)30-28-31(25(24)16-5-8-18(37-3)9-6-16)26(33)23(40-28)14-19-10-12-22(39-19)20-11-7-17(29)13-21(20)32(35)36/h5-14,25H,4H2,1-3H3/b23-14-/t25-/m0/s1. The van der Waals surface area contributed by atoms with Gasteiger partial charge in [-0.3, -0.25) is 19.5 Å². The summed E-state index contributed by atoms with van der Waals surface area (Å²) in [7, 11) is 1.56. The number of esters is 1. The third kappa shape index (κ3) is 5.03. The van der Waals surface area contributed by atoms with Crippen molar-refractivity contribution in [2.45, 2.75) is 19.9 Å². The van der Waals surface area contributed by atoms with Crippen LogP contribution < -0.4 is 19.6 Å². The number of hydrogen-bond acceptors (Lipinski definition) is 9. The van der Waals surface area contributed by atoms with Crippen molar-refractivity contribution in [3.8, 4) is 17.1 Å². The van der Waals surface area contributed by atoms with Crippen molar-refractivity contribution in [2.24, 2.45) is 4.99 Å². The number of carbonyl (C=O) groups excluding carboxylic acids is 1. The van der Waals surface area contributed by atoms with Gasteiger partial charge in [-0.1, -0.05) is 39.4 Å². The molecular formula is C28H22BrN3O7S. The van der Waals surface area contributed by atoms with Crippen LogP contribution in [0.4, 0.5) is 5.69 Å². The van der Waals surface area contributed by atoms with E-state index in [2.05, 4.69) is 20.9 Å². The van der Waals surface area contributed by atoms with Gasteiger partial charge in [0, 0.05) is 16.6 Å². The van der Waals surface area contributed by atoms with Crippen LogP contribution in [0.1, 0.15) is 31.2 Å². The summed E-state index contributed by atoms with van der Waals surface area (Å²) in [5.74, 6) is 0.703. The number of methoxy groups -OCH3 is 1. The van der Waals surface area contributed by atoms with Gasteiger partial charge in [0.15, 0.2) is 4.80 Å². The number of rotatable bonds is 7. The average molecular weight is 624 g/mol. The van der Waals surface area contributed by atoms with Crippen LogP contribution in [0.2, 0.25) is 0 Å². The van der Waals surface area contributed by atoms with Gasteiger partial charge in [0.1, 0.15) is 17.3 Å². The van der Waals surface area contributed by atoms with E-state index in [9.17, 15) is 19.7 Å². The van der Waals surface area contributed by atoms with E-state index < -0.39 is 16.9 Å². The van der Waals surface area contributed by atoms with Crippen molar-refractivity contribution < 1.29 is 23.6 Å². The van der Waals surface area contributed by atoms with Crippen molar-refractivity contribution >= 4 is 45.0 Å². The number of halogens is 1. The first kappa shape index (κ1) is 27.3. The van der Waals surface area contributed by atoms with Gasteiger partial charge in [0.2, 0.25) is 0 Å². The van der Waals surface area contributed by atoms with Crippen LogP contribution in [-0.2, 0) is 9.53 Å². The Labute approximate surface area is 239 Å². The molecule has 40 heavy (non-hydrogen) atoms. The molecule has 3 heterocycles. The van der Waals surface area contributed by atoms with Crippen molar-refractivity contribution in [1.29, 1.82) is 0 Å². The molecule has 5 rings (SSSR count). The van der Waals surface area contributed by atoms with Crippen molar-refractivity contribution in [1.82, 2.24) is 4.57 Å². The van der Waals surface area contributed by atoms with E-state index in [4.69, 9.17) is 13.9 Å². The van der Waals surface area contributed by atoms with Gasteiger partial charge in [-0.25, -0.2) is 9.79 Å². The fourth-order valence-electron chi connectivity index (χ4n) is 4.46. The molecule has 0 unspecified atom stereocenters. The Balaban J connectivity index is 1.63. The summed E-state index contributed by atoms with van der Waals surface area (Å²) in [6.45, 7) is 3.60. The zero-order valence-corrected chi connectivity index (χ0v) is 23.9. The van der Waals surface area contributed by atoms with Crippen LogP contribution in [0, 0.1) is 10.1 Å². The van der Waals surface area contributed by atoms with Crippen LogP contribution in [-0.4, -0.2) is 29.2 Å². The highest BCUT2D eigenvalue weighted by molar-refractivity contribution is 9.10. The summed E-state index contributed by atoms with van der Waals surface area (Å²) >= 11 is 4.40. The van der Waals surface area contributed by atoms with Crippen molar-refractivity contribution in [3.63, 3.8) is 0 Å². The lowest BCUT2D eigenvalue weighted by molar-refractivity contribution is -0.384. The second kappa shape index (κ2) is 11.1. The van der Waals surface area contributed by atoms with E-state index in [1.54, 1.807) is 75.6 Å². The van der Waals surface area contributed by atoms with Gasteiger partial charge in [-0.2, -0.15) is 0 Å². The summed E-state index contributed by atoms with van der Waals surface area (Å²) in [6.07, 6.45) is 1.56. The monoisotopic (exact) mass is 623 g/mol. The van der Waals surface area contributed by atoms with Crippen molar-refractivity contribution in [3.05, 3.63) is 111 Å². The number of nitrogens with zero attached hydrogens (tertiary/aromatic N) is 3. The maximum absolute atomic E-state index is 13.8. The number of thiazole rings is 1. The third-order valence-electron chi connectivity index (χ3n) is 6.27. The Morgan fingerprint density at radius 1 is 1.23 bits per heavy atom. The summed E-state index contributed by atoms with van der Waals surface area (Å²) in [6, 6.07) is 14.3. The quantitative estimate of drug-likeness (QED) is 0.165. The minimum Gasteiger partial charge on any atom is -0.497 e. The fraction of sp³-hybridized carbons (Fsp3) is 0.179. The largest absolute Gasteiger partial charge is 0.497 e. The highest BCUT2D eigenvalue weighted by atomic mass is 79.9. The van der Waals surface area contributed by atoms with Crippen LogP contribution in [0.5, 0.6) is 5.75 Å². The van der Waals surface area contributed by atoms with Gasteiger partial charge in [-0.15, -0.1) is 0 Å². The van der Waals surface area contributed by atoms with E-state index >= 15 is 0 Å². The molecule has 4 aromatic rings. The minimum atomic E-state index is -0.763. The van der Waals surface area contributed by atoms with Crippen molar-refractivity contribution in [2.75, 3.05) is 13.7 Å². The first-order valence-electron chi connectivity index (χ1n) is 12.1. The van der Waals surface area contributed by atoms with E-state index in [0.29, 0.717) is 42.1 Å². The predicted octanol–water partition coefficient (Wildman–Crippen LogP) is 4.74. The molecule has 12 heteroatoms. The van der Waals surface area contributed by atoms with Crippen LogP contribution >= 0.6 is 27.3 Å². The van der Waals surface area contributed by atoms with Gasteiger partial charge in [0.05, 0.1) is 46.0 Å². The topological polar surface area (TPSA) is 126 Å². The molecule has 10 nitrogen and oxygen atoms in total. The Kier molecular flexibility index (Phi) is 7.55. The molecule has 1 atom stereocenters. The van der Waals surface area contributed by atoms with Crippen LogP contribution in [0.15, 0.2) is 84.5 Å². The second-order valence-electron chi connectivity index (χ2n) is 8.70. The molecule has 0 amide bonds. The molecule has 2 aromatic heterocycles. The average Bonchev–Trinajstić information content (AvgIpc) is 3.52. The molecule has 0 N–H and O–H groups in total. The maximum Gasteiger partial charge on any atom is 0.338 e. The summed E-state index contributed by atoms with van der Waals surface area (Å²) < 4.78 is 18.8. The normalized spacial score (nSPS) is 15.0. The molecule has 0 fully saturated rings. The number of allylic oxidation sites excluding steroid dienone is 1. The first-order valence-corrected chi connectivity index (χ1v) is 13.7. The molecule has 0 spiro atoms. The number of nitro groups is 1. The van der Waals surface area contributed by atoms with E-state index in [0.717, 1.165) is 11.3 Å². The number of nitro benzene ring substituents is 1. The van der Waals surface area contributed by atoms with Gasteiger partial charge in [-0.05, 0) is 55.8 Å². The highest BCUT2D eigenvalue weighted by Gasteiger charge is 2.33. The fourth-order valence-corrected chi connectivity index (χ4v) is 5.84. The van der Waals surface area contributed by atoms with Crippen LogP contribution in [0.25, 0.3) is 17.4 Å². The molecule has 2 aromatic carbocycles. The molecule has 0 aliphatic carbocycles. The summed E-state index contributed by atoms with van der Waals surface area (Å²) in [4.78, 5) is 42.8. The maximum atomic E-state index is 13.8. The Bertz CT molecular complexity index is 1850. The number of carbonyl (C=O) groups is 1. The molecule has 1 aliphatic heterocycles. The lowest BCUT2D eigenvalue weighted by Crippen LogP contribution is -2.39. The first-order chi connectivity index (χ1) is 19.2. The van der Waals surface area contributed by atoms with Gasteiger partial charge < -0.3 is 13.9 Å². The number of hydrogen-bond donors (Lipinski definition) is 0. The molecule has 0 bridgehead atoms. The smallest absolute Gasteiger partial charge is 0.338 e. The zero-order valence-electron chi connectivity index (χ0n) is 21.5. The molecule has 0 saturated heterocycles. The molecule has 0 saturated carbocycles. The van der Waals surface area contributed by atoms with Gasteiger partial charge >= 0.3 is 5.97 Å². The zero-order chi connectivity index (χ0) is 28.6. The minimum absolute atomic E-state index is 0.115. The lowest BCUT2D eigenvalue weighted by atomic mass is 9.96. The molecule has 0 radical (unpaired) electrons. The SMILES string of the molecule is CCOC(=O)C1=C(C)N=c2s/c(=C\c3ccc(-c4ccc(Br)cc4[N+](=O)[O-])o3)c(=O)n2[C@H]1c1ccc(OC)cc1. The van der Waals surface area contributed by atoms with E-state index in [-0.39, 0.29) is 29.2 Å². The third-order valence-corrected chi connectivity index (χ3v) is 7.75. The molecular weight excluding hydrogens is 602 g/mol. The lowest BCUT2D eigenvalue weighted by Gasteiger charge is -2.24. The summed E-state index contributed by atoms with van der Waals surface area (Å²) in [5.41, 5.74) is 1.24. The molecule has 1 aliphatic rings. The Morgan fingerprint density at radius 3 is 2.65 bits per heavy atom. The van der Waals surface area contributed by atoms with Gasteiger partial charge in [0.25, 0.3) is 11.2 Å². The van der Waals surface area contributed by atoms with Crippen LogP contribution in [0.3, 0.4) is 0 Å².